The van der Waals surface area contributed by atoms with Gasteiger partial charge in [-0.1, -0.05) is 34.1 Å². The number of halogens is 1. The summed E-state index contributed by atoms with van der Waals surface area (Å²) in [5.41, 5.74) is 0.669. The fraction of sp³-hybridized carbons (Fsp3) is 0.182. The van der Waals surface area contributed by atoms with Crippen molar-refractivity contribution in [2.24, 2.45) is 0 Å². The molecule has 0 aliphatic rings. The van der Waals surface area contributed by atoms with E-state index in [9.17, 15) is 9.90 Å². The van der Waals surface area contributed by atoms with Crippen molar-refractivity contribution < 1.29 is 14.6 Å². The van der Waals surface area contributed by atoms with Gasteiger partial charge in [-0.15, -0.1) is 0 Å². The zero-order valence-electron chi connectivity index (χ0n) is 8.24. The topological polar surface area (TPSA) is 46.5 Å². The zero-order chi connectivity index (χ0) is 11.3. The summed E-state index contributed by atoms with van der Waals surface area (Å²) in [6, 6.07) is 5.17. The van der Waals surface area contributed by atoms with E-state index in [4.69, 9.17) is 0 Å². The van der Waals surface area contributed by atoms with Crippen LogP contribution in [0.2, 0.25) is 0 Å². The third-order valence-electron chi connectivity index (χ3n) is 1.80. The lowest BCUT2D eigenvalue weighted by atomic mass is 10.2. The van der Waals surface area contributed by atoms with Crippen molar-refractivity contribution in [2.75, 3.05) is 7.11 Å². The number of ether oxygens (including phenoxy) is 1. The van der Waals surface area contributed by atoms with Gasteiger partial charge in [0, 0.05) is 10.0 Å². The summed E-state index contributed by atoms with van der Waals surface area (Å²) in [5.74, 6) is -0.131. The number of benzene rings is 1. The van der Waals surface area contributed by atoms with Crippen molar-refractivity contribution in [3.8, 4) is 5.75 Å². The molecule has 0 fully saturated rings. The number of phenolic OH excluding ortho intramolecular Hbond substituents is 1. The Morgan fingerprint density at radius 1 is 1.60 bits per heavy atom. The lowest BCUT2D eigenvalue weighted by Gasteiger charge is -1.99. The van der Waals surface area contributed by atoms with Crippen LogP contribution in [0.3, 0.4) is 0 Å². The maximum absolute atomic E-state index is 10.8. The number of methoxy groups -OCH3 is 1. The summed E-state index contributed by atoms with van der Waals surface area (Å²) >= 11 is 3.24. The van der Waals surface area contributed by atoms with Gasteiger partial charge in [-0.25, -0.2) is 0 Å². The van der Waals surface area contributed by atoms with Crippen molar-refractivity contribution in [3.05, 3.63) is 34.3 Å². The summed E-state index contributed by atoms with van der Waals surface area (Å²) in [6.45, 7) is 0. The first-order chi connectivity index (χ1) is 7.13. The van der Waals surface area contributed by atoms with E-state index in [-0.39, 0.29) is 18.1 Å². The molecule has 0 saturated heterocycles. The molecule has 3 nitrogen and oxygen atoms in total. The molecule has 1 aromatic rings. The van der Waals surface area contributed by atoms with E-state index in [1.165, 1.54) is 7.11 Å². The fourth-order valence-electron chi connectivity index (χ4n) is 1.02. The molecule has 0 radical (unpaired) electrons. The molecule has 0 aliphatic carbocycles. The Labute approximate surface area is 96.5 Å². The number of carbonyl (C=O) groups is 1. The summed E-state index contributed by atoms with van der Waals surface area (Å²) in [5, 5.41) is 9.52. The van der Waals surface area contributed by atoms with Crippen molar-refractivity contribution >= 4 is 28.0 Å². The van der Waals surface area contributed by atoms with Gasteiger partial charge in [-0.05, 0) is 12.1 Å². The lowest BCUT2D eigenvalue weighted by Crippen LogP contribution is -1.96. The average Bonchev–Trinajstić information content (AvgIpc) is 2.21. The van der Waals surface area contributed by atoms with Crippen LogP contribution in [0.15, 0.2) is 28.7 Å². The molecule has 0 amide bonds. The van der Waals surface area contributed by atoms with Crippen LogP contribution in [0, 0.1) is 0 Å². The third kappa shape index (κ3) is 3.75. The van der Waals surface area contributed by atoms with Crippen LogP contribution in [0.4, 0.5) is 0 Å². The number of phenols is 1. The molecular formula is C11H11BrO3. The maximum atomic E-state index is 10.8. The zero-order valence-corrected chi connectivity index (χ0v) is 9.82. The Balaban J connectivity index is 2.68. The number of hydrogen-bond donors (Lipinski definition) is 1. The largest absolute Gasteiger partial charge is 0.507 e. The van der Waals surface area contributed by atoms with Crippen LogP contribution in [0.1, 0.15) is 12.0 Å². The minimum Gasteiger partial charge on any atom is -0.507 e. The monoisotopic (exact) mass is 270 g/mol. The van der Waals surface area contributed by atoms with Crippen LogP contribution >= 0.6 is 15.9 Å². The SMILES string of the molecule is COC(=O)CC=Cc1ccc(Br)cc1O. The van der Waals surface area contributed by atoms with Gasteiger partial charge >= 0.3 is 5.97 Å². The number of esters is 1. The number of hydrogen-bond acceptors (Lipinski definition) is 3. The smallest absolute Gasteiger partial charge is 0.309 e. The molecule has 1 aromatic carbocycles. The van der Waals surface area contributed by atoms with Crippen molar-refractivity contribution in [1.29, 1.82) is 0 Å². The first-order valence-corrected chi connectivity index (χ1v) is 5.14. The van der Waals surface area contributed by atoms with Crippen LogP contribution in [0.5, 0.6) is 5.75 Å². The van der Waals surface area contributed by atoms with Crippen molar-refractivity contribution in [3.63, 3.8) is 0 Å². The minimum atomic E-state index is -0.303. The molecule has 0 saturated carbocycles. The van der Waals surface area contributed by atoms with Gasteiger partial charge in [0.1, 0.15) is 5.75 Å². The number of aromatic hydroxyl groups is 1. The molecule has 0 aromatic heterocycles. The normalized spacial score (nSPS) is 10.5. The second-order valence-electron chi connectivity index (χ2n) is 2.89. The van der Waals surface area contributed by atoms with E-state index in [2.05, 4.69) is 20.7 Å². The highest BCUT2D eigenvalue weighted by Crippen LogP contribution is 2.23. The Morgan fingerprint density at radius 2 is 2.33 bits per heavy atom. The first-order valence-electron chi connectivity index (χ1n) is 4.35. The maximum Gasteiger partial charge on any atom is 0.309 e. The Morgan fingerprint density at radius 3 is 2.93 bits per heavy atom. The van der Waals surface area contributed by atoms with Gasteiger partial charge in [0.05, 0.1) is 13.5 Å². The highest BCUT2D eigenvalue weighted by atomic mass is 79.9. The molecule has 80 valence electrons. The molecule has 0 bridgehead atoms. The first kappa shape index (κ1) is 11.8. The summed E-state index contributed by atoms with van der Waals surface area (Å²) in [6.07, 6.45) is 3.53. The molecule has 0 spiro atoms. The van der Waals surface area contributed by atoms with Crippen molar-refractivity contribution in [2.45, 2.75) is 6.42 Å². The second kappa shape index (κ2) is 5.56. The standard InChI is InChI=1S/C11H11BrO3/c1-15-11(14)4-2-3-8-5-6-9(12)7-10(8)13/h2-3,5-7,13H,4H2,1H3. The number of carbonyl (C=O) groups excluding carboxylic acids is 1. The number of rotatable bonds is 3. The predicted octanol–water partition coefficient (Wildman–Crippen LogP) is 2.73. The van der Waals surface area contributed by atoms with E-state index in [1.54, 1.807) is 24.3 Å². The van der Waals surface area contributed by atoms with Gasteiger partial charge in [0.2, 0.25) is 0 Å². The molecule has 1 rings (SSSR count). The second-order valence-corrected chi connectivity index (χ2v) is 3.80. The lowest BCUT2D eigenvalue weighted by molar-refractivity contribution is -0.139. The van der Waals surface area contributed by atoms with Gasteiger partial charge in [0.15, 0.2) is 0 Å². The van der Waals surface area contributed by atoms with E-state index in [1.807, 2.05) is 6.07 Å². The molecule has 0 heterocycles. The Bertz CT molecular complexity index is 385. The van der Waals surface area contributed by atoms with Crippen LogP contribution in [0.25, 0.3) is 6.08 Å². The molecule has 4 heteroatoms. The highest BCUT2D eigenvalue weighted by molar-refractivity contribution is 9.10. The molecule has 1 N–H and O–H groups in total. The highest BCUT2D eigenvalue weighted by Gasteiger charge is 1.98. The van der Waals surface area contributed by atoms with Gasteiger partial charge < -0.3 is 9.84 Å². The summed E-state index contributed by atoms with van der Waals surface area (Å²) < 4.78 is 5.29. The van der Waals surface area contributed by atoms with E-state index < -0.39 is 0 Å². The molecule has 0 atom stereocenters. The fourth-order valence-corrected chi connectivity index (χ4v) is 1.37. The molecule has 0 unspecified atom stereocenters. The quantitative estimate of drug-likeness (QED) is 0.860. The third-order valence-corrected chi connectivity index (χ3v) is 2.30. The predicted molar refractivity (Wildman–Crippen MR) is 61.5 cm³/mol. The molecule has 0 aliphatic heterocycles. The van der Waals surface area contributed by atoms with E-state index >= 15 is 0 Å². The van der Waals surface area contributed by atoms with Gasteiger partial charge in [-0.3, -0.25) is 4.79 Å². The Hall–Kier alpha value is -1.29. The Kier molecular flexibility index (Phi) is 4.37. The van der Waals surface area contributed by atoms with E-state index in [0.717, 1.165) is 4.47 Å². The van der Waals surface area contributed by atoms with Crippen LogP contribution in [-0.4, -0.2) is 18.2 Å². The molecular weight excluding hydrogens is 260 g/mol. The van der Waals surface area contributed by atoms with Crippen molar-refractivity contribution in [1.82, 2.24) is 0 Å². The summed E-state index contributed by atoms with van der Waals surface area (Å²) in [4.78, 5) is 10.8. The average molecular weight is 271 g/mol. The summed E-state index contributed by atoms with van der Waals surface area (Å²) in [7, 11) is 1.34. The molecule has 15 heavy (non-hydrogen) atoms. The van der Waals surface area contributed by atoms with Gasteiger partial charge in [0.25, 0.3) is 0 Å². The van der Waals surface area contributed by atoms with Gasteiger partial charge in [-0.2, -0.15) is 0 Å². The van der Waals surface area contributed by atoms with Crippen LogP contribution in [-0.2, 0) is 9.53 Å². The minimum absolute atomic E-state index is 0.172. The van der Waals surface area contributed by atoms with E-state index in [0.29, 0.717) is 5.56 Å². The van der Waals surface area contributed by atoms with Crippen LogP contribution < -0.4 is 0 Å².